The molecule has 0 saturated heterocycles. The summed E-state index contributed by atoms with van der Waals surface area (Å²) in [6, 6.07) is 0. The van der Waals surface area contributed by atoms with Gasteiger partial charge in [0, 0.05) is 13.7 Å². The number of hydrogen-bond donors (Lipinski definition) is 1. The summed E-state index contributed by atoms with van der Waals surface area (Å²) in [5.74, 6) is -1.01. The lowest BCUT2D eigenvalue weighted by atomic mass is 10.4. The van der Waals surface area contributed by atoms with Crippen molar-refractivity contribution in [2.24, 2.45) is 0 Å². The Bertz CT molecular complexity index is 173. The smallest absolute Gasteiger partial charge is 0.335 e. The molecule has 1 N–H and O–H groups in total. The molecule has 0 aliphatic heterocycles. The maximum Gasteiger partial charge on any atom is 0.335 e. The molecule has 0 saturated carbocycles. The van der Waals surface area contributed by atoms with Gasteiger partial charge in [0.05, 0.1) is 33.0 Å². The Morgan fingerprint density at radius 1 is 1.19 bits per heavy atom. The Hall–Kier alpha value is -0.690. The Balaban J connectivity index is 3.37. The fourth-order valence-corrected chi connectivity index (χ4v) is 0.944. The zero-order chi connectivity index (χ0) is 12.2. The number of hydrogen-bond acceptors (Lipinski definition) is 5. The number of carboxylic acid groups (broad SMARTS) is 1. The molecule has 0 aliphatic carbocycles. The van der Waals surface area contributed by atoms with Crippen molar-refractivity contribution in [3.63, 3.8) is 0 Å². The standard InChI is InChI=1S/C10H20O6/c1-3-16-9(10(11)12)8-15-7-6-14-5-4-13-2/h9H,3-8H2,1-2H3,(H,11,12). The van der Waals surface area contributed by atoms with Crippen molar-refractivity contribution in [1.82, 2.24) is 0 Å². The van der Waals surface area contributed by atoms with E-state index in [1.54, 1.807) is 14.0 Å². The third-order valence-corrected chi connectivity index (χ3v) is 1.72. The number of rotatable bonds is 11. The largest absolute Gasteiger partial charge is 0.479 e. The topological polar surface area (TPSA) is 74.2 Å². The predicted molar refractivity (Wildman–Crippen MR) is 56.6 cm³/mol. The number of aliphatic carboxylic acids is 1. The van der Waals surface area contributed by atoms with Crippen LogP contribution in [0, 0.1) is 0 Å². The van der Waals surface area contributed by atoms with E-state index >= 15 is 0 Å². The van der Waals surface area contributed by atoms with E-state index in [0.29, 0.717) is 33.0 Å². The molecule has 0 fully saturated rings. The summed E-state index contributed by atoms with van der Waals surface area (Å²) in [5, 5.41) is 8.72. The number of ether oxygens (including phenoxy) is 4. The van der Waals surface area contributed by atoms with Crippen LogP contribution in [-0.2, 0) is 23.7 Å². The van der Waals surface area contributed by atoms with Crippen LogP contribution in [0.2, 0.25) is 0 Å². The first-order chi connectivity index (χ1) is 7.72. The van der Waals surface area contributed by atoms with Crippen molar-refractivity contribution in [3.8, 4) is 0 Å². The molecular weight excluding hydrogens is 216 g/mol. The van der Waals surface area contributed by atoms with Crippen LogP contribution in [0.5, 0.6) is 0 Å². The summed E-state index contributed by atoms with van der Waals surface area (Å²) < 4.78 is 20.0. The van der Waals surface area contributed by atoms with Crippen LogP contribution in [-0.4, -0.2) is 63.9 Å². The van der Waals surface area contributed by atoms with Gasteiger partial charge in [-0.25, -0.2) is 4.79 Å². The molecule has 96 valence electrons. The van der Waals surface area contributed by atoms with E-state index in [-0.39, 0.29) is 6.61 Å². The number of carbonyl (C=O) groups is 1. The Kier molecular flexibility index (Phi) is 10.3. The first-order valence-electron chi connectivity index (χ1n) is 5.21. The highest BCUT2D eigenvalue weighted by molar-refractivity contribution is 5.72. The van der Waals surface area contributed by atoms with E-state index in [1.165, 1.54) is 0 Å². The van der Waals surface area contributed by atoms with Crippen LogP contribution in [0.25, 0.3) is 0 Å². The lowest BCUT2D eigenvalue weighted by Crippen LogP contribution is -2.29. The van der Waals surface area contributed by atoms with Gasteiger partial charge in [-0.2, -0.15) is 0 Å². The van der Waals surface area contributed by atoms with E-state index < -0.39 is 12.1 Å². The molecule has 0 aromatic rings. The van der Waals surface area contributed by atoms with Gasteiger partial charge in [0.1, 0.15) is 0 Å². The molecular formula is C10H20O6. The molecule has 0 aliphatic rings. The molecule has 0 amide bonds. The van der Waals surface area contributed by atoms with Crippen LogP contribution in [0.15, 0.2) is 0 Å². The van der Waals surface area contributed by atoms with Gasteiger partial charge in [-0.1, -0.05) is 0 Å². The molecule has 6 nitrogen and oxygen atoms in total. The molecule has 0 radical (unpaired) electrons. The van der Waals surface area contributed by atoms with E-state index in [0.717, 1.165) is 0 Å². The Morgan fingerprint density at radius 2 is 1.81 bits per heavy atom. The third-order valence-electron chi connectivity index (χ3n) is 1.72. The fourth-order valence-electron chi connectivity index (χ4n) is 0.944. The van der Waals surface area contributed by atoms with Gasteiger partial charge < -0.3 is 24.1 Å². The maximum absolute atomic E-state index is 10.6. The highest BCUT2D eigenvalue weighted by atomic mass is 16.6. The first-order valence-corrected chi connectivity index (χ1v) is 5.21. The molecule has 0 bridgehead atoms. The highest BCUT2D eigenvalue weighted by Crippen LogP contribution is 1.94. The van der Waals surface area contributed by atoms with Gasteiger partial charge >= 0.3 is 5.97 Å². The zero-order valence-corrected chi connectivity index (χ0v) is 9.81. The fraction of sp³-hybridized carbons (Fsp3) is 0.900. The first kappa shape index (κ1) is 15.3. The summed E-state index contributed by atoms with van der Waals surface area (Å²) in [5.41, 5.74) is 0. The molecule has 0 spiro atoms. The van der Waals surface area contributed by atoms with Crippen molar-refractivity contribution in [2.75, 3.05) is 46.8 Å². The van der Waals surface area contributed by atoms with Crippen LogP contribution in [0.4, 0.5) is 0 Å². The minimum absolute atomic E-state index is 0.0385. The summed E-state index contributed by atoms with van der Waals surface area (Å²) in [4.78, 5) is 10.6. The highest BCUT2D eigenvalue weighted by Gasteiger charge is 2.16. The van der Waals surface area contributed by atoms with Crippen molar-refractivity contribution >= 4 is 5.97 Å². The van der Waals surface area contributed by atoms with Crippen LogP contribution < -0.4 is 0 Å². The second-order valence-corrected chi connectivity index (χ2v) is 2.96. The lowest BCUT2D eigenvalue weighted by Gasteiger charge is -2.12. The van der Waals surface area contributed by atoms with Gasteiger partial charge in [0.15, 0.2) is 6.10 Å². The number of methoxy groups -OCH3 is 1. The van der Waals surface area contributed by atoms with E-state index in [1.807, 2.05) is 0 Å². The predicted octanol–water partition coefficient (Wildman–Crippen LogP) is 0.156. The molecule has 1 unspecified atom stereocenters. The maximum atomic E-state index is 10.6. The summed E-state index contributed by atoms with van der Waals surface area (Å²) >= 11 is 0. The van der Waals surface area contributed by atoms with Crippen molar-refractivity contribution in [2.45, 2.75) is 13.0 Å². The quantitative estimate of drug-likeness (QED) is 0.515. The van der Waals surface area contributed by atoms with Crippen molar-refractivity contribution < 1.29 is 28.8 Å². The van der Waals surface area contributed by atoms with Gasteiger partial charge in [-0.3, -0.25) is 0 Å². The molecule has 6 heteroatoms. The van der Waals surface area contributed by atoms with Crippen LogP contribution >= 0.6 is 0 Å². The SMILES string of the molecule is CCOC(COCCOCCOC)C(=O)O. The van der Waals surface area contributed by atoms with Crippen molar-refractivity contribution in [3.05, 3.63) is 0 Å². The van der Waals surface area contributed by atoms with Crippen LogP contribution in [0.1, 0.15) is 6.92 Å². The zero-order valence-electron chi connectivity index (χ0n) is 9.81. The Labute approximate surface area is 95.4 Å². The molecule has 16 heavy (non-hydrogen) atoms. The Morgan fingerprint density at radius 3 is 2.38 bits per heavy atom. The minimum Gasteiger partial charge on any atom is -0.479 e. The molecule has 1 atom stereocenters. The van der Waals surface area contributed by atoms with E-state index in [4.69, 9.17) is 24.1 Å². The second-order valence-electron chi connectivity index (χ2n) is 2.96. The van der Waals surface area contributed by atoms with Crippen LogP contribution in [0.3, 0.4) is 0 Å². The minimum atomic E-state index is -1.01. The molecule has 0 heterocycles. The average Bonchev–Trinajstić information content (AvgIpc) is 2.26. The van der Waals surface area contributed by atoms with Crippen molar-refractivity contribution in [1.29, 1.82) is 0 Å². The van der Waals surface area contributed by atoms with E-state index in [2.05, 4.69) is 0 Å². The van der Waals surface area contributed by atoms with Gasteiger partial charge in [0.2, 0.25) is 0 Å². The van der Waals surface area contributed by atoms with Gasteiger partial charge in [-0.05, 0) is 6.92 Å². The molecule has 0 rings (SSSR count). The molecule has 0 aromatic carbocycles. The van der Waals surface area contributed by atoms with Gasteiger partial charge in [-0.15, -0.1) is 0 Å². The second kappa shape index (κ2) is 10.8. The summed E-state index contributed by atoms with van der Waals surface area (Å²) in [6.45, 7) is 3.94. The van der Waals surface area contributed by atoms with Gasteiger partial charge in [0.25, 0.3) is 0 Å². The lowest BCUT2D eigenvalue weighted by molar-refractivity contribution is -0.154. The number of carboxylic acids is 1. The summed E-state index contributed by atoms with van der Waals surface area (Å²) in [6.07, 6.45) is -0.899. The normalized spacial score (nSPS) is 12.6. The monoisotopic (exact) mass is 236 g/mol. The van der Waals surface area contributed by atoms with E-state index in [9.17, 15) is 4.79 Å². The summed E-state index contributed by atoms with van der Waals surface area (Å²) in [7, 11) is 1.60. The third kappa shape index (κ3) is 8.60. The molecule has 0 aromatic heterocycles. The average molecular weight is 236 g/mol.